The van der Waals surface area contributed by atoms with E-state index >= 15 is 0 Å². The van der Waals surface area contributed by atoms with Gasteiger partial charge in [-0.15, -0.1) is 0 Å². The number of nitrogen functional groups attached to an aromatic ring is 1. The van der Waals surface area contributed by atoms with Gasteiger partial charge in [-0.1, -0.05) is 6.92 Å². The van der Waals surface area contributed by atoms with Crippen molar-refractivity contribution in [3.8, 4) is 5.75 Å². The van der Waals surface area contributed by atoms with Crippen molar-refractivity contribution in [2.24, 2.45) is 0 Å². The first-order valence-corrected chi connectivity index (χ1v) is 8.98. The first-order valence-electron chi connectivity index (χ1n) is 7.13. The lowest BCUT2D eigenvalue weighted by Gasteiger charge is -2.35. The lowest BCUT2D eigenvalue weighted by atomic mass is 10.2. The smallest absolute Gasteiger partial charge is 0.211 e. The van der Waals surface area contributed by atoms with Crippen LogP contribution in [0.5, 0.6) is 5.75 Å². The summed E-state index contributed by atoms with van der Waals surface area (Å²) in [6.45, 7) is 5.02. The third-order valence-corrected chi connectivity index (χ3v) is 4.76. The number of benzene rings is 1. The molecule has 7 heteroatoms. The Kier molecular flexibility index (Phi) is 4.95. The van der Waals surface area contributed by atoms with Gasteiger partial charge in [0.15, 0.2) is 0 Å². The molecule has 118 valence electrons. The number of hydrogen-bond donors (Lipinski definition) is 1. The molecule has 0 aromatic heterocycles. The second kappa shape index (κ2) is 6.53. The van der Waals surface area contributed by atoms with Gasteiger partial charge in [0.2, 0.25) is 10.0 Å². The van der Waals surface area contributed by atoms with E-state index in [9.17, 15) is 8.42 Å². The normalized spacial score (nSPS) is 17.0. The molecule has 1 fully saturated rings. The lowest BCUT2D eigenvalue weighted by Crippen LogP contribution is -2.48. The standard InChI is InChI=1S/C14H23N3O3S/c1-3-8-20-14-10-12(15)9-13(11-14)16-4-6-17(7-5-16)21(2,18)19/h9-11H,3-8,15H2,1-2H3. The van der Waals surface area contributed by atoms with Crippen molar-refractivity contribution in [3.05, 3.63) is 18.2 Å². The van der Waals surface area contributed by atoms with Gasteiger partial charge < -0.3 is 15.4 Å². The van der Waals surface area contributed by atoms with Gasteiger partial charge in [-0.05, 0) is 12.5 Å². The molecule has 0 saturated carbocycles. The van der Waals surface area contributed by atoms with Gasteiger partial charge in [0, 0.05) is 49.7 Å². The maximum absolute atomic E-state index is 11.5. The van der Waals surface area contributed by atoms with E-state index in [1.54, 1.807) is 0 Å². The molecule has 1 aromatic carbocycles. The fraction of sp³-hybridized carbons (Fsp3) is 0.571. The molecule has 2 N–H and O–H groups in total. The zero-order valence-electron chi connectivity index (χ0n) is 12.6. The summed E-state index contributed by atoms with van der Waals surface area (Å²) < 4.78 is 30.2. The fourth-order valence-electron chi connectivity index (χ4n) is 2.37. The van der Waals surface area contributed by atoms with Gasteiger partial charge >= 0.3 is 0 Å². The van der Waals surface area contributed by atoms with Gasteiger partial charge in [-0.25, -0.2) is 8.42 Å². The highest BCUT2D eigenvalue weighted by Crippen LogP contribution is 2.26. The van der Waals surface area contributed by atoms with Crippen molar-refractivity contribution in [2.45, 2.75) is 13.3 Å². The van der Waals surface area contributed by atoms with Crippen LogP contribution in [0.3, 0.4) is 0 Å². The molecular weight excluding hydrogens is 290 g/mol. The van der Waals surface area contributed by atoms with Crippen LogP contribution in [0.25, 0.3) is 0 Å². The summed E-state index contributed by atoms with van der Waals surface area (Å²) >= 11 is 0. The second-order valence-corrected chi connectivity index (χ2v) is 7.24. The van der Waals surface area contributed by atoms with E-state index in [4.69, 9.17) is 10.5 Å². The molecule has 0 spiro atoms. The number of hydrogen-bond acceptors (Lipinski definition) is 5. The Labute approximate surface area is 126 Å². The SMILES string of the molecule is CCCOc1cc(N)cc(N2CCN(S(C)(=O)=O)CC2)c1. The number of rotatable bonds is 5. The largest absolute Gasteiger partial charge is 0.493 e. The Morgan fingerprint density at radius 3 is 2.43 bits per heavy atom. The van der Waals surface area contributed by atoms with Crippen LogP contribution in [0.2, 0.25) is 0 Å². The maximum Gasteiger partial charge on any atom is 0.211 e. The molecule has 0 aliphatic carbocycles. The predicted octanol–water partition coefficient (Wildman–Crippen LogP) is 1.14. The highest BCUT2D eigenvalue weighted by molar-refractivity contribution is 7.88. The summed E-state index contributed by atoms with van der Waals surface area (Å²) in [7, 11) is -3.10. The summed E-state index contributed by atoms with van der Waals surface area (Å²) in [5.74, 6) is 0.761. The number of nitrogens with zero attached hydrogens (tertiary/aromatic N) is 2. The molecule has 1 aromatic rings. The summed E-state index contributed by atoms with van der Waals surface area (Å²) in [4.78, 5) is 2.14. The Hall–Kier alpha value is -1.47. The summed E-state index contributed by atoms with van der Waals surface area (Å²) in [6.07, 6.45) is 2.19. The number of piperazine rings is 1. The molecule has 0 amide bonds. The molecule has 0 radical (unpaired) electrons. The van der Waals surface area contributed by atoms with Crippen LogP contribution in [-0.4, -0.2) is 51.8 Å². The second-order valence-electron chi connectivity index (χ2n) is 5.26. The average Bonchev–Trinajstić information content (AvgIpc) is 2.44. The molecule has 0 atom stereocenters. The van der Waals surface area contributed by atoms with E-state index in [2.05, 4.69) is 11.8 Å². The minimum atomic E-state index is -3.10. The van der Waals surface area contributed by atoms with E-state index in [0.717, 1.165) is 17.9 Å². The monoisotopic (exact) mass is 313 g/mol. The van der Waals surface area contributed by atoms with Gasteiger partial charge in [-0.2, -0.15) is 4.31 Å². The molecule has 21 heavy (non-hydrogen) atoms. The van der Waals surface area contributed by atoms with Crippen molar-refractivity contribution in [2.75, 3.05) is 49.7 Å². The minimum Gasteiger partial charge on any atom is -0.493 e. The zero-order chi connectivity index (χ0) is 15.5. The highest BCUT2D eigenvalue weighted by Gasteiger charge is 2.23. The number of nitrogens with two attached hydrogens (primary N) is 1. The molecule has 1 saturated heterocycles. The van der Waals surface area contributed by atoms with Crippen LogP contribution in [0.4, 0.5) is 11.4 Å². The van der Waals surface area contributed by atoms with Crippen molar-refractivity contribution in [1.82, 2.24) is 4.31 Å². The number of anilines is 2. The van der Waals surface area contributed by atoms with Crippen molar-refractivity contribution < 1.29 is 13.2 Å². The van der Waals surface area contributed by atoms with Crippen LogP contribution >= 0.6 is 0 Å². The summed E-state index contributed by atoms with van der Waals surface area (Å²) in [5.41, 5.74) is 7.56. The van der Waals surface area contributed by atoms with Crippen molar-refractivity contribution in [1.29, 1.82) is 0 Å². The highest BCUT2D eigenvalue weighted by atomic mass is 32.2. The minimum absolute atomic E-state index is 0.499. The molecule has 1 aliphatic heterocycles. The van der Waals surface area contributed by atoms with E-state index < -0.39 is 10.0 Å². The Balaban J connectivity index is 2.07. The molecule has 0 unspecified atom stereocenters. The third-order valence-electron chi connectivity index (χ3n) is 3.46. The number of ether oxygens (including phenoxy) is 1. The van der Waals surface area contributed by atoms with E-state index in [0.29, 0.717) is 38.5 Å². The molecule has 1 aliphatic rings. The van der Waals surface area contributed by atoms with Gasteiger partial charge in [0.05, 0.1) is 12.9 Å². The topological polar surface area (TPSA) is 75.9 Å². The fourth-order valence-corrected chi connectivity index (χ4v) is 3.20. The van der Waals surface area contributed by atoms with Gasteiger partial charge in [0.1, 0.15) is 5.75 Å². The number of sulfonamides is 1. The van der Waals surface area contributed by atoms with Crippen molar-refractivity contribution in [3.63, 3.8) is 0 Å². The van der Waals surface area contributed by atoms with Crippen LogP contribution in [0, 0.1) is 0 Å². The first-order chi connectivity index (χ1) is 9.90. The quantitative estimate of drug-likeness (QED) is 0.825. The van der Waals surface area contributed by atoms with Crippen LogP contribution in [0.15, 0.2) is 18.2 Å². The van der Waals surface area contributed by atoms with Gasteiger partial charge in [-0.3, -0.25) is 0 Å². The van der Waals surface area contributed by atoms with Crippen molar-refractivity contribution >= 4 is 21.4 Å². The van der Waals surface area contributed by atoms with Gasteiger partial charge in [0.25, 0.3) is 0 Å². The zero-order valence-corrected chi connectivity index (χ0v) is 13.4. The lowest BCUT2D eigenvalue weighted by molar-refractivity contribution is 0.317. The third kappa shape index (κ3) is 4.25. The maximum atomic E-state index is 11.5. The molecule has 0 bridgehead atoms. The Bertz CT molecular complexity index is 581. The molecule has 2 rings (SSSR count). The van der Waals surface area contributed by atoms with Crippen LogP contribution < -0.4 is 15.4 Å². The molecule has 6 nitrogen and oxygen atoms in total. The Morgan fingerprint density at radius 1 is 1.19 bits per heavy atom. The van der Waals surface area contributed by atoms with Crippen LogP contribution in [0.1, 0.15) is 13.3 Å². The average molecular weight is 313 g/mol. The van der Waals surface area contributed by atoms with E-state index in [1.165, 1.54) is 10.6 Å². The van der Waals surface area contributed by atoms with E-state index in [-0.39, 0.29) is 0 Å². The Morgan fingerprint density at radius 2 is 1.86 bits per heavy atom. The first kappa shape index (κ1) is 15.9. The van der Waals surface area contributed by atoms with Crippen LogP contribution in [-0.2, 0) is 10.0 Å². The molecular formula is C14H23N3O3S. The molecule has 1 heterocycles. The summed E-state index contributed by atoms with van der Waals surface area (Å²) in [6, 6.07) is 5.67. The summed E-state index contributed by atoms with van der Waals surface area (Å²) in [5, 5.41) is 0. The predicted molar refractivity (Wildman–Crippen MR) is 85.3 cm³/mol. The van der Waals surface area contributed by atoms with E-state index in [1.807, 2.05) is 18.2 Å².